The second-order valence-corrected chi connectivity index (χ2v) is 8.28. The number of rotatable bonds is 4. The van der Waals surface area contributed by atoms with Crippen LogP contribution in [0.2, 0.25) is 0 Å². The maximum Gasteiger partial charge on any atom is 0.251 e. The first kappa shape index (κ1) is 17.3. The van der Waals surface area contributed by atoms with Crippen molar-refractivity contribution in [2.45, 2.75) is 36.3 Å². The van der Waals surface area contributed by atoms with Crippen LogP contribution in [0.15, 0.2) is 29.2 Å². The van der Waals surface area contributed by atoms with Gasteiger partial charge in [-0.15, -0.1) is 0 Å². The summed E-state index contributed by atoms with van der Waals surface area (Å²) >= 11 is 0. The molecule has 132 valence electrons. The van der Waals surface area contributed by atoms with Gasteiger partial charge in [0.25, 0.3) is 5.91 Å². The Morgan fingerprint density at radius 2 is 2.00 bits per heavy atom. The molecule has 3 rings (SSSR count). The molecule has 1 amide bonds. The molecule has 0 bridgehead atoms. The number of aliphatic hydroxyl groups excluding tert-OH is 1. The zero-order valence-corrected chi connectivity index (χ0v) is 14.3. The molecule has 2 heterocycles. The molecule has 2 atom stereocenters. The number of amides is 1. The summed E-state index contributed by atoms with van der Waals surface area (Å²) in [5, 5.41) is 15.7. The van der Waals surface area contributed by atoms with E-state index in [1.807, 2.05) is 0 Å². The zero-order valence-electron chi connectivity index (χ0n) is 13.4. The smallest absolute Gasteiger partial charge is 0.251 e. The molecule has 24 heavy (non-hydrogen) atoms. The molecule has 2 saturated heterocycles. The normalized spacial score (nSPS) is 25.5. The molecule has 7 nitrogen and oxygen atoms in total. The topological polar surface area (TPSA) is 98.7 Å². The molecule has 2 aliphatic rings. The Morgan fingerprint density at radius 1 is 1.25 bits per heavy atom. The van der Waals surface area contributed by atoms with Gasteiger partial charge in [0, 0.05) is 31.2 Å². The van der Waals surface area contributed by atoms with Crippen LogP contribution in [0.1, 0.15) is 29.6 Å². The van der Waals surface area contributed by atoms with Crippen LogP contribution in [-0.2, 0) is 10.0 Å². The van der Waals surface area contributed by atoms with E-state index in [0.717, 1.165) is 25.9 Å². The van der Waals surface area contributed by atoms with Gasteiger partial charge in [-0.05, 0) is 50.1 Å². The van der Waals surface area contributed by atoms with Crippen LogP contribution in [0.4, 0.5) is 0 Å². The highest BCUT2D eigenvalue weighted by Crippen LogP contribution is 2.21. The lowest BCUT2D eigenvalue weighted by Gasteiger charge is -2.23. The van der Waals surface area contributed by atoms with Gasteiger partial charge >= 0.3 is 0 Å². The Labute approximate surface area is 142 Å². The molecule has 3 N–H and O–H groups in total. The number of hydrogen-bond acceptors (Lipinski definition) is 5. The first-order valence-electron chi connectivity index (χ1n) is 8.26. The molecular weight excluding hydrogens is 330 g/mol. The van der Waals surface area contributed by atoms with E-state index >= 15 is 0 Å². The van der Waals surface area contributed by atoms with Gasteiger partial charge in [-0.25, -0.2) is 8.42 Å². The fraction of sp³-hybridized carbons (Fsp3) is 0.562. The Bertz CT molecular complexity index is 684. The highest BCUT2D eigenvalue weighted by molar-refractivity contribution is 7.89. The van der Waals surface area contributed by atoms with Crippen molar-refractivity contribution in [3.05, 3.63) is 29.8 Å². The molecule has 0 spiro atoms. The second kappa shape index (κ2) is 7.18. The molecule has 0 radical (unpaired) electrons. The van der Waals surface area contributed by atoms with Crippen LogP contribution >= 0.6 is 0 Å². The van der Waals surface area contributed by atoms with E-state index in [4.69, 9.17) is 0 Å². The van der Waals surface area contributed by atoms with Crippen molar-refractivity contribution < 1.29 is 18.3 Å². The average molecular weight is 353 g/mol. The molecule has 0 unspecified atom stereocenters. The summed E-state index contributed by atoms with van der Waals surface area (Å²) in [6.45, 7) is 2.18. The molecule has 1 aromatic rings. The van der Waals surface area contributed by atoms with Gasteiger partial charge < -0.3 is 15.7 Å². The SMILES string of the molecule is O=C(N[C@H]1CCCNC1)c1ccc(S(=O)(=O)N2CC[C@@H](O)C2)cc1. The minimum absolute atomic E-state index is 0.112. The molecule has 8 heteroatoms. The molecule has 0 saturated carbocycles. The monoisotopic (exact) mass is 353 g/mol. The number of sulfonamides is 1. The first-order chi connectivity index (χ1) is 11.5. The number of carbonyl (C=O) groups excluding carboxylic acids is 1. The van der Waals surface area contributed by atoms with Crippen LogP contribution in [0.3, 0.4) is 0 Å². The number of hydrogen-bond donors (Lipinski definition) is 3. The third-order valence-electron chi connectivity index (χ3n) is 4.51. The summed E-state index contributed by atoms with van der Waals surface area (Å²) in [5.74, 6) is -0.191. The number of benzene rings is 1. The number of nitrogens with zero attached hydrogens (tertiary/aromatic N) is 1. The molecular formula is C16H23N3O4S. The molecule has 2 fully saturated rings. The largest absolute Gasteiger partial charge is 0.392 e. The van der Waals surface area contributed by atoms with Gasteiger partial charge in [-0.3, -0.25) is 4.79 Å². The van der Waals surface area contributed by atoms with Crippen molar-refractivity contribution in [3.63, 3.8) is 0 Å². The predicted octanol–water partition coefficient (Wildman–Crippen LogP) is -0.0763. The summed E-state index contributed by atoms with van der Waals surface area (Å²) < 4.78 is 26.2. The van der Waals surface area contributed by atoms with Crippen molar-refractivity contribution in [1.82, 2.24) is 14.9 Å². The van der Waals surface area contributed by atoms with E-state index in [1.165, 1.54) is 28.6 Å². The van der Waals surface area contributed by atoms with Gasteiger partial charge in [0.15, 0.2) is 0 Å². The predicted molar refractivity (Wildman–Crippen MR) is 89.2 cm³/mol. The minimum atomic E-state index is -3.61. The van der Waals surface area contributed by atoms with Crippen LogP contribution in [-0.4, -0.2) is 62.1 Å². The van der Waals surface area contributed by atoms with E-state index in [1.54, 1.807) is 0 Å². The number of carbonyl (C=O) groups is 1. The average Bonchev–Trinajstić information content (AvgIpc) is 3.03. The van der Waals surface area contributed by atoms with Crippen molar-refractivity contribution in [2.24, 2.45) is 0 Å². The standard InChI is InChI=1S/C16H23N3O4S/c20-14-7-9-19(11-14)24(22,23)15-5-3-12(4-6-15)16(21)18-13-2-1-8-17-10-13/h3-6,13-14,17,20H,1-2,7-11H2,(H,18,21)/t13-,14+/m0/s1. The Kier molecular flexibility index (Phi) is 5.19. The van der Waals surface area contributed by atoms with Crippen molar-refractivity contribution >= 4 is 15.9 Å². The van der Waals surface area contributed by atoms with Crippen LogP contribution < -0.4 is 10.6 Å². The summed E-state index contributed by atoms with van der Waals surface area (Å²) in [6, 6.07) is 6.08. The highest BCUT2D eigenvalue weighted by Gasteiger charge is 2.31. The molecule has 0 aromatic heterocycles. The number of piperidine rings is 1. The third-order valence-corrected chi connectivity index (χ3v) is 6.39. The van der Waals surface area contributed by atoms with Crippen molar-refractivity contribution in [3.8, 4) is 0 Å². The molecule has 0 aliphatic carbocycles. The lowest BCUT2D eigenvalue weighted by atomic mass is 10.1. The Balaban J connectivity index is 1.67. The molecule has 2 aliphatic heterocycles. The minimum Gasteiger partial charge on any atom is -0.392 e. The maximum absolute atomic E-state index is 12.5. The third kappa shape index (κ3) is 3.77. The van der Waals surface area contributed by atoms with E-state index < -0.39 is 16.1 Å². The first-order valence-corrected chi connectivity index (χ1v) is 9.71. The molecule has 1 aromatic carbocycles. The number of β-amino-alcohol motifs (C(OH)–C–C–N with tert-alkyl or cyclic N) is 1. The van der Waals surface area contributed by atoms with Gasteiger partial charge in [0.2, 0.25) is 10.0 Å². The van der Waals surface area contributed by atoms with Crippen LogP contribution in [0.25, 0.3) is 0 Å². The van der Waals surface area contributed by atoms with Gasteiger partial charge in [0.05, 0.1) is 11.0 Å². The number of aliphatic hydroxyl groups is 1. The summed E-state index contributed by atoms with van der Waals surface area (Å²) in [4.78, 5) is 12.4. The second-order valence-electron chi connectivity index (χ2n) is 6.35. The van der Waals surface area contributed by atoms with Crippen LogP contribution in [0.5, 0.6) is 0 Å². The van der Waals surface area contributed by atoms with Crippen LogP contribution in [0, 0.1) is 0 Å². The van der Waals surface area contributed by atoms with E-state index in [-0.39, 0.29) is 23.4 Å². The fourth-order valence-electron chi connectivity index (χ4n) is 3.10. The van der Waals surface area contributed by atoms with Crippen molar-refractivity contribution in [1.29, 1.82) is 0 Å². The van der Waals surface area contributed by atoms with Crippen molar-refractivity contribution in [2.75, 3.05) is 26.2 Å². The number of nitrogens with one attached hydrogen (secondary N) is 2. The summed E-state index contributed by atoms with van der Waals surface area (Å²) in [7, 11) is -3.61. The van der Waals surface area contributed by atoms with E-state index in [9.17, 15) is 18.3 Å². The van der Waals surface area contributed by atoms with E-state index in [0.29, 0.717) is 18.5 Å². The van der Waals surface area contributed by atoms with Gasteiger partial charge in [-0.1, -0.05) is 0 Å². The summed E-state index contributed by atoms with van der Waals surface area (Å²) in [6.07, 6.45) is 1.83. The zero-order chi connectivity index (χ0) is 17.2. The quantitative estimate of drug-likeness (QED) is 0.703. The maximum atomic E-state index is 12.5. The lowest BCUT2D eigenvalue weighted by molar-refractivity contribution is 0.0930. The lowest BCUT2D eigenvalue weighted by Crippen LogP contribution is -2.45. The summed E-state index contributed by atoms with van der Waals surface area (Å²) in [5.41, 5.74) is 0.445. The van der Waals surface area contributed by atoms with Gasteiger partial charge in [-0.2, -0.15) is 4.31 Å². The fourth-order valence-corrected chi connectivity index (χ4v) is 4.59. The highest BCUT2D eigenvalue weighted by atomic mass is 32.2. The Hall–Kier alpha value is -1.48. The van der Waals surface area contributed by atoms with E-state index in [2.05, 4.69) is 10.6 Å². The van der Waals surface area contributed by atoms with Gasteiger partial charge in [0.1, 0.15) is 0 Å². The Morgan fingerprint density at radius 3 is 2.58 bits per heavy atom.